The zero-order valence-electron chi connectivity index (χ0n) is 31.3. The number of hydrogen-bond acceptors (Lipinski definition) is 1. The van der Waals surface area contributed by atoms with Crippen molar-refractivity contribution in [2.45, 2.75) is 0 Å². The van der Waals surface area contributed by atoms with Gasteiger partial charge >= 0.3 is 78.6 Å². The van der Waals surface area contributed by atoms with Gasteiger partial charge in [-0.1, -0.05) is 0 Å². The van der Waals surface area contributed by atoms with Gasteiger partial charge in [-0.15, -0.1) is 5.22 Å². The summed E-state index contributed by atoms with van der Waals surface area (Å²) in [6.45, 7) is 0. The second-order valence-corrected chi connectivity index (χ2v) is 6.18. The maximum Gasteiger partial charge on any atom is 0 e. The fraction of sp³-hybridized carbons (Fsp3) is 0. The summed E-state index contributed by atoms with van der Waals surface area (Å²) in [6.07, 6.45) is 0. The number of nitrogens with zero attached hydrogens (tertiary/aromatic N) is 67. The van der Waals surface area contributed by atoms with Crippen molar-refractivity contribution in [2.24, 2.45) is 343 Å². The molecule has 70 heavy (non-hydrogen) atoms. The van der Waals surface area contributed by atoms with Crippen molar-refractivity contribution in [1.82, 2.24) is 0 Å². The van der Waals surface area contributed by atoms with Crippen molar-refractivity contribution in [3.05, 3.63) is 5.53 Å². The van der Waals surface area contributed by atoms with Crippen molar-refractivity contribution in [3.8, 4) is 0 Å². The van der Waals surface area contributed by atoms with E-state index < -0.39 is 0 Å². The standard InChI is InChI=1S/N67.3V/c1-3-5-7-9-11-13-15-17-19-21-23-25-27-29-31-33-35-37-39-41-43-45-47-49-51-53-55-57-59-61-63-65-67-66-64-62-60-58-56-54-52-50-48-46-44-42-40-38-36-34-32-30-28-26-24-22-20-18-16-14-12-10-8-6-4-2;;;/q-1;;;/b5-3+,8-6+,9-7+,12-10+,13-11+,16-14+,17-15+,20-18+,21-19+,24-22+,25-23+,28-26+,29-27+,32-30+,33-31+,36-34+,37-35+,40-38+,41-39+,44-42+,45-43+,48-46+,49-47+,52-50+,53-51+,56-54+,57-55+,60-58+,61-59+,64-62+,65-63+,67-66+;;;. The fourth-order valence-electron chi connectivity index (χ4n) is 1.14. The summed E-state index contributed by atoms with van der Waals surface area (Å²) in [4.78, 5) is 0. The molecule has 0 N–H and O–H groups in total. The topological polar surface area (TPSA) is 838 Å². The van der Waals surface area contributed by atoms with Crippen LogP contribution in [-0.4, -0.2) is 0 Å². The molecule has 0 rings (SSSR count). The summed E-state index contributed by atoms with van der Waals surface area (Å²) in [5, 5.41) is 193. The van der Waals surface area contributed by atoms with Gasteiger partial charge in [0.25, 0.3) is 0 Å². The summed E-state index contributed by atoms with van der Waals surface area (Å²) in [5.74, 6) is 0. The van der Waals surface area contributed by atoms with E-state index >= 15 is 0 Å². The van der Waals surface area contributed by atoms with Gasteiger partial charge in [-0.2, -0.15) is 0 Å². The Morgan fingerprint density at radius 2 is 0.200 bits per heavy atom. The van der Waals surface area contributed by atoms with Crippen LogP contribution >= 0.6 is 0 Å². The second-order valence-electron chi connectivity index (χ2n) is 5.90. The second kappa shape index (κ2) is 61.7. The van der Waals surface area contributed by atoms with E-state index in [0.29, 0.717) is 0 Å². The molecule has 2 radical (unpaired) electrons. The third kappa shape index (κ3) is 60.7. The minimum Gasteiger partial charge on any atom is 0 e. The predicted molar refractivity (Wildman–Crippen MR) is 164 cm³/mol. The van der Waals surface area contributed by atoms with E-state index in [2.05, 4.69) is 343 Å². The zero-order valence-corrected chi connectivity index (χ0v) is 35.5. The van der Waals surface area contributed by atoms with Crippen LogP contribution in [0.4, 0.5) is 0 Å². The van der Waals surface area contributed by atoms with Crippen LogP contribution in [0.25, 0.3) is 5.53 Å². The van der Waals surface area contributed by atoms with Crippen LogP contribution in [0.2, 0.25) is 0 Å². The van der Waals surface area contributed by atoms with E-state index in [0.717, 1.165) is 0 Å². The van der Waals surface area contributed by atoms with Crippen molar-refractivity contribution in [3.63, 3.8) is 0 Å². The number of hydrogen-bond donors (Lipinski definition) is 0. The van der Waals surface area contributed by atoms with Gasteiger partial charge in [0.2, 0.25) is 0 Å². The average molecular weight is 1090 g/mol. The third-order valence-corrected chi connectivity index (χ3v) is 2.72. The van der Waals surface area contributed by atoms with Crippen LogP contribution in [0.5, 0.6) is 0 Å². The first-order valence-corrected chi connectivity index (χ1v) is 14.0. The Morgan fingerprint density at radius 1 is 0.129 bits per heavy atom. The molecule has 0 aromatic rings. The summed E-state index contributed by atoms with van der Waals surface area (Å²) in [7, 11) is 0. The summed E-state index contributed by atoms with van der Waals surface area (Å²) < 4.78 is 3.19. The molecule has 0 atom stereocenters. The Hall–Kier alpha value is -11.6. The molecular formula is N67V3-. The van der Waals surface area contributed by atoms with Gasteiger partial charge in [0.15, 0.2) is 0 Å². The Bertz CT molecular complexity index is 2170. The van der Waals surface area contributed by atoms with Gasteiger partial charge in [-0.05, 0) is 41.8 Å². The van der Waals surface area contributed by atoms with Gasteiger partial charge in [0, 0.05) is 262 Å². The zero-order chi connectivity index (χ0) is 48.7. The molecule has 0 amide bonds. The first kappa shape index (κ1) is 62.6. The van der Waals surface area contributed by atoms with Gasteiger partial charge in [0.05, 0.1) is 0 Å². The van der Waals surface area contributed by atoms with Gasteiger partial charge in [-0.25, -0.2) is 5.22 Å². The molecular weight excluding hydrogens is 1090 g/mol. The molecule has 0 aromatic heterocycles. The Morgan fingerprint density at radius 3 is 0.271 bits per heavy atom. The van der Waals surface area contributed by atoms with Crippen LogP contribution in [0.3, 0.4) is 0 Å². The monoisotopic (exact) mass is 1090 g/mol. The molecule has 0 spiro atoms. The van der Waals surface area contributed by atoms with Crippen molar-refractivity contribution in [2.75, 3.05) is 0 Å². The normalized spacial score (nSPS) is 14.9. The Balaban J connectivity index is -0.0000224. The maximum atomic E-state index is 7.89. The molecule has 70 heteroatoms. The quantitative estimate of drug-likeness (QED) is 0.0437. The first-order valence-electron chi connectivity index (χ1n) is 13.4. The molecule has 0 aliphatic heterocycles. The summed E-state index contributed by atoms with van der Waals surface area (Å²) in [6, 6.07) is 0. The maximum absolute atomic E-state index is 7.89. The summed E-state index contributed by atoms with van der Waals surface area (Å²) >= 11 is 1.78. The number of rotatable bonds is 33. The van der Waals surface area contributed by atoms with Gasteiger partial charge < -0.3 is 5.53 Å². The third-order valence-electron chi connectivity index (χ3n) is 2.60. The molecule has 0 aliphatic carbocycles. The molecule has 0 saturated heterocycles. The Labute approximate surface area is 402 Å². The molecule has 0 fully saturated rings. The first-order chi connectivity index (χ1) is 33.9. The van der Waals surface area contributed by atoms with E-state index in [1.165, 1.54) is 0 Å². The van der Waals surface area contributed by atoms with E-state index in [1.807, 2.05) is 0 Å². The van der Waals surface area contributed by atoms with E-state index in [4.69, 9.17) is 5.53 Å². The van der Waals surface area contributed by atoms with Gasteiger partial charge in [-0.3, -0.25) is 5.22 Å². The van der Waals surface area contributed by atoms with E-state index in [9.17, 15) is 0 Å². The predicted octanol–water partition coefficient (Wildman–Crippen LogP) is 12.4. The van der Waals surface area contributed by atoms with Crippen molar-refractivity contribution in [1.29, 1.82) is 0 Å². The molecule has 0 bridgehead atoms. The van der Waals surface area contributed by atoms with Crippen LogP contribution in [0.15, 0.2) is 343 Å². The minimum absolute atomic E-state index is 0. The molecule has 351 valence electrons. The van der Waals surface area contributed by atoms with Gasteiger partial charge in [0.1, 0.15) is 0 Å². The van der Waals surface area contributed by atoms with E-state index in [1.54, 1.807) is 17.2 Å². The van der Waals surface area contributed by atoms with E-state index in [-0.39, 0.29) is 37.1 Å². The molecule has 0 aromatic carbocycles. The van der Waals surface area contributed by atoms with Crippen LogP contribution in [-0.2, 0) is 54.3 Å². The Kier molecular flexibility index (Phi) is 55.2. The van der Waals surface area contributed by atoms with Crippen molar-refractivity contribution < 1.29 is 54.3 Å². The smallest absolute Gasteiger partial charge is 0 e. The largest absolute Gasteiger partial charge is 0 e. The van der Waals surface area contributed by atoms with Crippen LogP contribution < -0.4 is 0 Å². The minimum atomic E-state index is 0. The molecule has 0 unspecified atom stereocenters. The average Bonchev–Trinajstić information content (AvgIpc) is 3.35. The fourth-order valence-corrected chi connectivity index (χ4v) is 1.20. The molecule has 0 aliphatic rings. The van der Waals surface area contributed by atoms with Crippen LogP contribution in [0.1, 0.15) is 0 Å². The van der Waals surface area contributed by atoms with Crippen molar-refractivity contribution >= 4 is 0 Å². The molecule has 0 heterocycles. The molecule has 67 nitrogen and oxygen atoms in total. The molecule has 0 saturated carbocycles. The van der Waals surface area contributed by atoms with Crippen LogP contribution in [0, 0.1) is 0 Å². The SMILES string of the molecule is [N-]=N/N=N/N=N/N=N/N=N/N=N/N=N/N=N/N=N/N=N/N=N/N=N/N=N/N=N/N=N/N=N/N=N/N=N/N=N/N=N/N=N/N=N/N=N/N=N/N=N/N=N/N=N/N=N/N=N/N=N/N=N/N=N/N=N/[N]=[V].[V].[V]. The summed E-state index contributed by atoms with van der Waals surface area (Å²) in [5.41, 5.74) is 7.89.